The molecule has 0 unspecified atom stereocenters. The van der Waals surface area contributed by atoms with Gasteiger partial charge in [0.1, 0.15) is 11.2 Å². The van der Waals surface area contributed by atoms with Crippen LogP contribution < -0.4 is 0 Å². The zero-order valence-electron chi connectivity index (χ0n) is 31.6. The number of nitrogens with zero attached hydrogens (tertiary/aromatic N) is 3. The number of benzene rings is 9. The van der Waals surface area contributed by atoms with Crippen LogP contribution in [-0.4, -0.2) is 14.5 Å². The summed E-state index contributed by atoms with van der Waals surface area (Å²) in [6, 6.07) is 67.2. The Labute approximate surface area is 341 Å². The molecule has 4 nitrogen and oxygen atoms in total. The van der Waals surface area contributed by atoms with Crippen molar-refractivity contribution in [1.29, 1.82) is 0 Å². The van der Waals surface area contributed by atoms with Crippen molar-refractivity contribution in [3.05, 3.63) is 188 Å². The quantitative estimate of drug-likeness (QED) is 0.179. The fourth-order valence-corrected chi connectivity index (χ4v) is 10.4. The molecule has 0 spiro atoms. The van der Waals surface area contributed by atoms with E-state index in [0.29, 0.717) is 5.82 Å². The second kappa shape index (κ2) is 12.4. The maximum Gasteiger partial charge on any atom is 0.164 e. The number of thiophene rings is 1. The van der Waals surface area contributed by atoms with Gasteiger partial charge in [-0.05, 0) is 81.2 Å². The third-order valence-electron chi connectivity index (χ3n) is 12.0. The van der Waals surface area contributed by atoms with Crippen LogP contribution in [0.3, 0.4) is 0 Å². The lowest BCUT2D eigenvalue weighted by Crippen LogP contribution is -1.95. The summed E-state index contributed by atoms with van der Waals surface area (Å²) in [6.45, 7) is 0. The third kappa shape index (κ3) is 4.83. The molecule has 0 N–H and O–H groups in total. The van der Waals surface area contributed by atoms with Crippen molar-refractivity contribution >= 4 is 96.9 Å². The highest BCUT2D eigenvalue weighted by molar-refractivity contribution is 7.26. The van der Waals surface area contributed by atoms with Crippen molar-refractivity contribution in [2.45, 2.75) is 0 Å². The van der Waals surface area contributed by atoms with E-state index in [4.69, 9.17) is 14.4 Å². The average Bonchev–Trinajstić information content (AvgIpc) is 3.98. The van der Waals surface area contributed by atoms with E-state index in [0.717, 1.165) is 71.1 Å². The van der Waals surface area contributed by atoms with Crippen molar-refractivity contribution < 1.29 is 4.42 Å². The zero-order chi connectivity index (χ0) is 38.6. The van der Waals surface area contributed by atoms with Gasteiger partial charge in [0.05, 0.1) is 43.6 Å². The molecule has 13 rings (SSSR count). The molecule has 0 aliphatic heterocycles. The van der Waals surface area contributed by atoms with Gasteiger partial charge >= 0.3 is 0 Å². The van der Waals surface area contributed by atoms with E-state index in [1.807, 2.05) is 0 Å². The first kappa shape index (κ1) is 32.5. The Bertz CT molecular complexity index is 3860. The number of furan rings is 1. The van der Waals surface area contributed by atoms with Gasteiger partial charge in [-0.3, -0.25) is 0 Å². The Balaban J connectivity index is 1.08. The summed E-state index contributed by atoms with van der Waals surface area (Å²) in [5, 5.41) is 10.5. The smallest absolute Gasteiger partial charge is 0.164 e. The number of hydrogen-bond donors (Lipinski definition) is 0. The fraction of sp³-hybridized carbons (Fsp3) is 0. The largest absolute Gasteiger partial charge is 0.455 e. The molecule has 0 amide bonds. The van der Waals surface area contributed by atoms with Gasteiger partial charge < -0.3 is 8.98 Å². The summed E-state index contributed by atoms with van der Waals surface area (Å²) in [7, 11) is 0. The van der Waals surface area contributed by atoms with Gasteiger partial charge in [0.15, 0.2) is 5.82 Å². The lowest BCUT2D eigenvalue weighted by molar-refractivity contribution is 0.669. The first-order valence-corrected chi connectivity index (χ1v) is 20.7. The first-order valence-electron chi connectivity index (χ1n) is 19.9. The highest BCUT2D eigenvalue weighted by Crippen LogP contribution is 2.45. The minimum atomic E-state index is 0.646. The van der Waals surface area contributed by atoms with Crippen molar-refractivity contribution in [3.63, 3.8) is 0 Å². The summed E-state index contributed by atoms with van der Waals surface area (Å²) < 4.78 is 11.6. The van der Waals surface area contributed by atoms with E-state index in [1.165, 1.54) is 48.1 Å². The van der Waals surface area contributed by atoms with Gasteiger partial charge in [0, 0.05) is 31.8 Å². The summed E-state index contributed by atoms with van der Waals surface area (Å²) in [5.41, 5.74) is 11.2. The predicted octanol–water partition coefficient (Wildman–Crippen LogP) is 15.1. The van der Waals surface area contributed by atoms with Crippen molar-refractivity contribution in [2.24, 2.45) is 0 Å². The zero-order valence-corrected chi connectivity index (χ0v) is 32.4. The standard InChI is InChI=1S/C54H31N3OS/c1-2-12-32(13-3-1)36-27-28-43-42(31-36)48-38-17-7-6-15-34(38)26-29-45(48)57(43)44-21-11-22-46-49(44)40-19-10-20-41(52(40)58-46)54-55-50(37-25-24-33-14-4-5-16-35(33)30-37)53-51(56-54)39-18-8-9-23-47(39)59-53/h1-31H. The lowest BCUT2D eigenvalue weighted by atomic mass is 10.0. The second-order valence-corrected chi connectivity index (χ2v) is 16.3. The summed E-state index contributed by atoms with van der Waals surface area (Å²) in [4.78, 5) is 10.8. The van der Waals surface area contributed by atoms with Crippen LogP contribution in [0.5, 0.6) is 0 Å². The van der Waals surface area contributed by atoms with Gasteiger partial charge in [-0.25, -0.2) is 9.97 Å². The van der Waals surface area contributed by atoms with Crippen LogP contribution in [-0.2, 0) is 0 Å². The number of hydrogen-bond acceptors (Lipinski definition) is 4. The number of fused-ring (bicyclic) bond motifs is 12. The Kier molecular flexibility index (Phi) is 6.85. The molecule has 0 aliphatic rings. The fourth-order valence-electron chi connectivity index (χ4n) is 9.30. The van der Waals surface area contributed by atoms with Crippen LogP contribution in [0.4, 0.5) is 0 Å². The van der Waals surface area contributed by atoms with E-state index in [1.54, 1.807) is 11.3 Å². The lowest BCUT2D eigenvalue weighted by Gasteiger charge is -2.10. The topological polar surface area (TPSA) is 43.9 Å². The first-order chi connectivity index (χ1) is 29.2. The van der Waals surface area contributed by atoms with Gasteiger partial charge in [-0.2, -0.15) is 0 Å². The second-order valence-electron chi connectivity index (χ2n) is 15.3. The molecule has 59 heavy (non-hydrogen) atoms. The molecule has 0 radical (unpaired) electrons. The van der Waals surface area contributed by atoms with Crippen LogP contribution in [0.25, 0.3) is 125 Å². The maximum absolute atomic E-state index is 6.94. The molecule has 5 heteroatoms. The molecular formula is C54H31N3OS. The Morgan fingerprint density at radius 1 is 0.458 bits per heavy atom. The highest BCUT2D eigenvalue weighted by Gasteiger charge is 2.23. The van der Waals surface area contributed by atoms with Gasteiger partial charge in [-0.15, -0.1) is 11.3 Å². The maximum atomic E-state index is 6.94. The number of para-hydroxylation sites is 1. The van der Waals surface area contributed by atoms with Crippen LogP contribution in [0.15, 0.2) is 192 Å². The Morgan fingerprint density at radius 2 is 1.19 bits per heavy atom. The molecule has 0 saturated heterocycles. The molecule has 13 aromatic rings. The van der Waals surface area contributed by atoms with Gasteiger partial charge in [-0.1, -0.05) is 140 Å². The van der Waals surface area contributed by atoms with Crippen LogP contribution >= 0.6 is 11.3 Å². The van der Waals surface area contributed by atoms with Crippen molar-refractivity contribution in [2.75, 3.05) is 0 Å². The van der Waals surface area contributed by atoms with E-state index in [9.17, 15) is 0 Å². The van der Waals surface area contributed by atoms with E-state index < -0.39 is 0 Å². The highest BCUT2D eigenvalue weighted by atomic mass is 32.1. The summed E-state index contributed by atoms with van der Waals surface area (Å²) >= 11 is 1.75. The van der Waals surface area contributed by atoms with Crippen LogP contribution in [0, 0.1) is 0 Å². The van der Waals surface area contributed by atoms with E-state index in [-0.39, 0.29) is 0 Å². The molecule has 0 bridgehead atoms. The van der Waals surface area contributed by atoms with Crippen LogP contribution in [0.2, 0.25) is 0 Å². The molecule has 0 aliphatic carbocycles. The van der Waals surface area contributed by atoms with Crippen molar-refractivity contribution in [3.8, 4) is 39.5 Å². The Hall–Kier alpha value is -7.60. The molecule has 0 atom stereocenters. The molecule has 9 aromatic carbocycles. The molecule has 4 heterocycles. The molecular weight excluding hydrogens is 739 g/mol. The van der Waals surface area contributed by atoms with Gasteiger partial charge in [0.25, 0.3) is 0 Å². The summed E-state index contributed by atoms with van der Waals surface area (Å²) in [6.07, 6.45) is 0. The molecule has 0 fully saturated rings. The molecule has 0 saturated carbocycles. The predicted molar refractivity (Wildman–Crippen MR) is 248 cm³/mol. The van der Waals surface area contributed by atoms with Crippen LogP contribution in [0.1, 0.15) is 0 Å². The molecule has 4 aromatic heterocycles. The monoisotopic (exact) mass is 769 g/mol. The molecule has 274 valence electrons. The Morgan fingerprint density at radius 3 is 2.10 bits per heavy atom. The minimum absolute atomic E-state index is 0.646. The van der Waals surface area contributed by atoms with E-state index >= 15 is 0 Å². The normalized spacial score (nSPS) is 12.1. The SMILES string of the molecule is c1ccc(-c2ccc3c(c2)c2c4ccccc4ccc2n3-c2cccc3oc4c(-c5nc(-c6ccc7ccccc7c6)c6sc7ccccc7c6n5)cccc4c23)cc1. The number of aromatic nitrogens is 3. The summed E-state index contributed by atoms with van der Waals surface area (Å²) in [5.74, 6) is 0.646. The minimum Gasteiger partial charge on any atom is -0.455 e. The van der Waals surface area contributed by atoms with Gasteiger partial charge in [0.2, 0.25) is 0 Å². The third-order valence-corrected chi connectivity index (χ3v) is 13.2. The van der Waals surface area contributed by atoms with Crippen molar-refractivity contribution in [1.82, 2.24) is 14.5 Å². The van der Waals surface area contributed by atoms with E-state index in [2.05, 4.69) is 193 Å². The average molecular weight is 770 g/mol. The number of rotatable bonds is 4.